The monoisotopic (exact) mass is 717 g/mol. The van der Waals surface area contributed by atoms with Crippen LogP contribution >= 0.6 is 0 Å². The number of aryl methyl sites for hydroxylation is 1. The van der Waals surface area contributed by atoms with E-state index < -0.39 is 6.23 Å². The molecule has 1 unspecified atom stereocenters. The van der Waals surface area contributed by atoms with E-state index in [1.54, 1.807) is 12.1 Å². The topological polar surface area (TPSA) is 170 Å². The third-order valence-corrected chi connectivity index (χ3v) is 9.82. The highest BCUT2D eigenvalue weighted by Crippen LogP contribution is 2.33. The molecule has 5 heterocycles. The molecule has 2 aromatic heterocycles. The zero-order valence-corrected chi connectivity index (χ0v) is 29.0. The maximum atomic E-state index is 13.2. The van der Waals surface area contributed by atoms with Gasteiger partial charge in [0.05, 0.1) is 23.1 Å². The van der Waals surface area contributed by atoms with Crippen LogP contribution in [0.4, 0.5) is 11.5 Å². The number of carbonyl (C=O) groups excluding carboxylic acids is 3. The number of hydrogen-bond donors (Lipinski definition) is 2. The second-order valence-corrected chi connectivity index (χ2v) is 13.2. The number of para-hydroxylation sites is 1. The number of benzene rings is 3. The Morgan fingerprint density at radius 1 is 0.887 bits per heavy atom. The van der Waals surface area contributed by atoms with Crippen LogP contribution in [0.5, 0.6) is 11.5 Å². The van der Waals surface area contributed by atoms with Crippen molar-refractivity contribution in [2.75, 3.05) is 43.4 Å². The number of ether oxygens (including phenoxy) is 1. The Balaban J connectivity index is 0.820. The predicted molar refractivity (Wildman–Crippen MR) is 194 cm³/mol. The van der Waals surface area contributed by atoms with Crippen LogP contribution in [0, 0.1) is 0 Å². The molecule has 2 saturated heterocycles. The molecule has 3 aromatic carbocycles. The maximum Gasteiger partial charge on any atom is 0.263 e. The van der Waals surface area contributed by atoms with Crippen LogP contribution in [-0.2, 0) is 21.0 Å². The number of nitrogens with one attached hydrogen (secondary N) is 1. The molecule has 0 saturated carbocycles. The lowest BCUT2D eigenvalue weighted by atomic mass is 10.1. The Bertz CT molecular complexity index is 2130. The van der Waals surface area contributed by atoms with Gasteiger partial charge < -0.3 is 20.3 Å². The number of fused-ring (bicyclic) bond motifs is 2. The van der Waals surface area contributed by atoms with E-state index in [0.717, 1.165) is 41.2 Å². The van der Waals surface area contributed by atoms with Crippen molar-refractivity contribution in [1.82, 2.24) is 35.2 Å². The summed E-state index contributed by atoms with van der Waals surface area (Å²) in [6.07, 6.45) is 4.01. The van der Waals surface area contributed by atoms with Crippen molar-refractivity contribution in [3.63, 3.8) is 0 Å². The molecule has 0 bridgehead atoms. The van der Waals surface area contributed by atoms with Crippen molar-refractivity contribution in [3.05, 3.63) is 90.3 Å². The average Bonchev–Trinajstić information content (AvgIpc) is 3.69. The number of imide groups is 1. The van der Waals surface area contributed by atoms with Crippen molar-refractivity contribution in [2.45, 2.75) is 44.9 Å². The zero-order valence-electron chi connectivity index (χ0n) is 29.0. The molecule has 8 rings (SSSR count). The lowest BCUT2D eigenvalue weighted by Crippen LogP contribution is -2.48. The van der Waals surface area contributed by atoms with Crippen molar-refractivity contribution >= 4 is 40.3 Å². The lowest BCUT2D eigenvalue weighted by Gasteiger charge is -2.36. The maximum absolute atomic E-state index is 13.2. The highest BCUT2D eigenvalue weighted by Gasteiger charge is 2.42. The van der Waals surface area contributed by atoms with Crippen LogP contribution in [-0.4, -0.2) is 86.3 Å². The lowest BCUT2D eigenvalue weighted by molar-refractivity contribution is -0.259. The van der Waals surface area contributed by atoms with Gasteiger partial charge in [-0.15, -0.1) is 0 Å². The van der Waals surface area contributed by atoms with Crippen LogP contribution in [0.3, 0.4) is 0 Å². The van der Waals surface area contributed by atoms with E-state index in [9.17, 15) is 14.4 Å². The summed E-state index contributed by atoms with van der Waals surface area (Å²) < 4.78 is 7.82. The number of piperazine rings is 1. The number of unbranched alkanes of at least 4 members (excludes halogenated alkanes) is 2. The summed E-state index contributed by atoms with van der Waals surface area (Å²) >= 11 is 0. The number of nitrogens with two attached hydrogens (primary N) is 1. The van der Waals surface area contributed by atoms with E-state index in [4.69, 9.17) is 25.2 Å². The van der Waals surface area contributed by atoms with Gasteiger partial charge in [0.1, 0.15) is 29.3 Å². The van der Waals surface area contributed by atoms with E-state index >= 15 is 0 Å². The predicted octanol–water partition coefficient (Wildman–Crippen LogP) is 4.56. The second kappa shape index (κ2) is 15.0. The Kier molecular flexibility index (Phi) is 9.67. The van der Waals surface area contributed by atoms with Gasteiger partial charge in [-0.3, -0.25) is 24.1 Å². The number of hydrogen-bond acceptors (Lipinski definition) is 12. The summed E-state index contributed by atoms with van der Waals surface area (Å²) in [5.41, 5.74) is 12.4. The summed E-state index contributed by atoms with van der Waals surface area (Å²) in [7, 11) is 0. The van der Waals surface area contributed by atoms with Gasteiger partial charge in [-0.25, -0.2) is 19.5 Å². The van der Waals surface area contributed by atoms with E-state index in [1.807, 2.05) is 70.2 Å². The van der Waals surface area contributed by atoms with E-state index in [1.165, 1.54) is 6.33 Å². The first-order chi connectivity index (χ1) is 25.9. The minimum atomic E-state index is -0.725. The number of anilines is 2. The van der Waals surface area contributed by atoms with E-state index in [0.29, 0.717) is 91.6 Å². The summed E-state index contributed by atoms with van der Waals surface area (Å²) in [6, 6.07) is 22.6. The first kappa shape index (κ1) is 34.2. The fourth-order valence-corrected chi connectivity index (χ4v) is 7.02. The zero-order chi connectivity index (χ0) is 36.3. The van der Waals surface area contributed by atoms with Crippen LogP contribution in [0.15, 0.2) is 79.1 Å². The molecule has 0 aliphatic carbocycles. The van der Waals surface area contributed by atoms with Crippen molar-refractivity contribution < 1.29 is 28.8 Å². The Morgan fingerprint density at radius 2 is 1.66 bits per heavy atom. The van der Waals surface area contributed by atoms with Gasteiger partial charge in [0.15, 0.2) is 11.9 Å². The molecule has 15 nitrogen and oxygen atoms in total. The standard InChI is InChI=1S/C38H39N9O6/c39-35-33-34(25-10-13-28(14-11-25)52-27-7-3-1-4-8-27)42-46(36(33)41-24-40-35)17-6-2-5-9-31(48)45-20-18-44(19-21-45)26-12-15-29-30(23-26)38(50)47(37(29)49)32-16-22-51-43-53-32/h1,3-4,7-8,10-15,23-24,32,43H,2,5-6,9,16-22H2,(H2,39,40,41). The summed E-state index contributed by atoms with van der Waals surface area (Å²) in [5, 5.41) is 5.60. The van der Waals surface area contributed by atoms with Crippen LogP contribution in [0.2, 0.25) is 0 Å². The second-order valence-electron chi connectivity index (χ2n) is 13.2. The minimum Gasteiger partial charge on any atom is -0.457 e. The molecule has 3 amide bonds. The van der Waals surface area contributed by atoms with Gasteiger partial charge >= 0.3 is 0 Å². The Labute approximate surface area is 305 Å². The van der Waals surface area contributed by atoms with Gasteiger partial charge in [-0.05, 0) is 67.4 Å². The molecular formula is C38H39N9O6. The molecule has 15 heteroatoms. The molecule has 0 radical (unpaired) electrons. The normalized spacial score (nSPS) is 17.4. The molecule has 0 spiro atoms. The van der Waals surface area contributed by atoms with Gasteiger partial charge in [-0.1, -0.05) is 30.3 Å². The number of amides is 3. The molecule has 2 fully saturated rings. The quantitative estimate of drug-likeness (QED) is 0.145. The first-order valence-corrected chi connectivity index (χ1v) is 17.8. The SMILES string of the molecule is Nc1ncnc2c1c(-c1ccc(Oc3ccccc3)cc1)nn2CCCCCC(=O)N1CCN(c2ccc3c(c2)C(=O)N(C2CCONO2)C3=O)CC1. The van der Waals surface area contributed by atoms with Crippen molar-refractivity contribution in [1.29, 1.82) is 0 Å². The molecule has 53 heavy (non-hydrogen) atoms. The molecule has 3 N–H and O–H groups in total. The molecule has 5 aromatic rings. The molecule has 1 atom stereocenters. The largest absolute Gasteiger partial charge is 0.457 e. The Hall–Kier alpha value is -5.90. The summed E-state index contributed by atoms with van der Waals surface area (Å²) in [4.78, 5) is 63.4. The van der Waals surface area contributed by atoms with Gasteiger partial charge in [0, 0.05) is 56.8 Å². The molecule has 3 aliphatic heterocycles. The van der Waals surface area contributed by atoms with E-state index in [-0.39, 0.29) is 17.7 Å². The number of nitrogens with zero attached hydrogens (tertiary/aromatic N) is 7. The Morgan fingerprint density at radius 3 is 2.43 bits per heavy atom. The molecular weight excluding hydrogens is 678 g/mol. The van der Waals surface area contributed by atoms with Crippen molar-refractivity contribution in [2.24, 2.45) is 0 Å². The average molecular weight is 718 g/mol. The fourth-order valence-electron chi connectivity index (χ4n) is 7.02. The summed E-state index contributed by atoms with van der Waals surface area (Å²) in [6.45, 7) is 3.38. The molecule has 3 aliphatic rings. The number of nitrogen functional groups attached to an aromatic ring is 1. The number of aromatic nitrogens is 4. The summed E-state index contributed by atoms with van der Waals surface area (Å²) in [5.74, 6) is 1.22. The fraction of sp³-hybridized carbons (Fsp3) is 0.316. The first-order valence-electron chi connectivity index (χ1n) is 17.8. The van der Waals surface area contributed by atoms with Gasteiger partial charge in [0.2, 0.25) is 5.91 Å². The van der Waals surface area contributed by atoms with Crippen LogP contribution < -0.4 is 21.0 Å². The van der Waals surface area contributed by atoms with Gasteiger partial charge in [-0.2, -0.15) is 5.10 Å². The highest BCUT2D eigenvalue weighted by molar-refractivity contribution is 6.21. The van der Waals surface area contributed by atoms with Crippen LogP contribution in [0.25, 0.3) is 22.3 Å². The minimum absolute atomic E-state index is 0.132. The molecule has 272 valence electrons. The van der Waals surface area contributed by atoms with E-state index in [2.05, 4.69) is 20.5 Å². The highest BCUT2D eigenvalue weighted by atomic mass is 16.9. The number of rotatable bonds is 11. The van der Waals surface area contributed by atoms with Crippen molar-refractivity contribution in [3.8, 4) is 22.8 Å². The van der Waals surface area contributed by atoms with Crippen LogP contribution in [0.1, 0.15) is 52.8 Å². The third-order valence-electron chi connectivity index (χ3n) is 9.82. The van der Waals surface area contributed by atoms with Gasteiger partial charge in [0.25, 0.3) is 11.8 Å². The third kappa shape index (κ3) is 7.01. The number of carbonyl (C=O) groups is 3. The smallest absolute Gasteiger partial charge is 0.263 e.